The summed E-state index contributed by atoms with van der Waals surface area (Å²) in [4.78, 5) is 16.8. The Morgan fingerprint density at radius 3 is 2.70 bits per heavy atom. The molecule has 2 atom stereocenters. The minimum Gasteiger partial charge on any atom is -0.451 e. The van der Waals surface area contributed by atoms with Crippen LogP contribution in [-0.4, -0.2) is 10.8 Å². The van der Waals surface area contributed by atoms with Crippen molar-refractivity contribution in [1.29, 1.82) is 0 Å². The van der Waals surface area contributed by atoms with E-state index in [1.54, 1.807) is 6.26 Å². The fourth-order valence-electron chi connectivity index (χ4n) is 5.60. The van der Waals surface area contributed by atoms with E-state index in [0.29, 0.717) is 18.1 Å². The van der Waals surface area contributed by atoms with Crippen LogP contribution in [-0.2, 0) is 6.42 Å². The number of hydrogen-bond donors (Lipinski definition) is 0. The first kappa shape index (κ1) is 19.3. The number of carbonyl (C=O) groups is 1. The average Bonchev–Trinajstić information content (AvgIpc) is 3.49. The number of oxazole rings is 1. The van der Waals surface area contributed by atoms with Crippen molar-refractivity contribution in [1.82, 2.24) is 4.98 Å². The fourth-order valence-corrected chi connectivity index (χ4v) is 5.60. The van der Waals surface area contributed by atoms with Gasteiger partial charge in [-0.1, -0.05) is 57.4 Å². The number of aromatic nitrogens is 1. The van der Waals surface area contributed by atoms with Gasteiger partial charge in [0.25, 0.3) is 0 Å². The SMILES string of the molecule is CCCC(CC)CCC1c2ccc(-c3cocn3)cc2-c2c1ccc1c2CCC1=O. The third-order valence-corrected chi connectivity index (χ3v) is 7.19. The smallest absolute Gasteiger partial charge is 0.181 e. The molecule has 2 unspecified atom stereocenters. The molecule has 5 rings (SSSR count). The highest BCUT2D eigenvalue weighted by Crippen LogP contribution is 2.51. The van der Waals surface area contributed by atoms with Gasteiger partial charge in [0, 0.05) is 23.5 Å². The second kappa shape index (κ2) is 7.86. The molecule has 2 aliphatic rings. The van der Waals surface area contributed by atoms with Crippen molar-refractivity contribution >= 4 is 5.78 Å². The summed E-state index contributed by atoms with van der Waals surface area (Å²) in [6.45, 7) is 4.61. The Bertz CT molecular complexity index is 1080. The lowest BCUT2D eigenvalue weighted by molar-refractivity contribution is 0.0994. The van der Waals surface area contributed by atoms with E-state index in [4.69, 9.17) is 4.42 Å². The Labute approximate surface area is 178 Å². The zero-order valence-corrected chi connectivity index (χ0v) is 17.9. The highest BCUT2D eigenvalue weighted by atomic mass is 16.3. The van der Waals surface area contributed by atoms with Gasteiger partial charge in [0.2, 0.25) is 0 Å². The van der Waals surface area contributed by atoms with E-state index in [1.807, 2.05) is 0 Å². The third kappa shape index (κ3) is 3.12. The molecule has 2 aliphatic carbocycles. The van der Waals surface area contributed by atoms with Gasteiger partial charge in [-0.05, 0) is 59.1 Å². The van der Waals surface area contributed by atoms with Crippen molar-refractivity contribution in [2.75, 3.05) is 0 Å². The molecule has 1 aromatic heterocycles. The summed E-state index contributed by atoms with van der Waals surface area (Å²) in [7, 11) is 0. The summed E-state index contributed by atoms with van der Waals surface area (Å²) in [5.74, 6) is 1.51. The van der Waals surface area contributed by atoms with Gasteiger partial charge < -0.3 is 4.42 Å². The Kier molecular flexibility index (Phi) is 5.06. The summed E-state index contributed by atoms with van der Waals surface area (Å²) in [6, 6.07) is 11.0. The van der Waals surface area contributed by atoms with Gasteiger partial charge in [0.1, 0.15) is 12.0 Å². The molecule has 0 saturated heterocycles. The van der Waals surface area contributed by atoms with Gasteiger partial charge in [0.05, 0.1) is 0 Å². The first-order chi connectivity index (χ1) is 14.7. The number of rotatable bonds is 7. The normalized spacial score (nSPS) is 17.7. The molecule has 3 aromatic rings. The first-order valence-corrected chi connectivity index (χ1v) is 11.4. The van der Waals surface area contributed by atoms with E-state index in [-0.39, 0.29) is 0 Å². The van der Waals surface area contributed by atoms with Gasteiger partial charge in [-0.15, -0.1) is 0 Å². The standard InChI is InChI=1S/C27H29NO2/c1-3-5-17(4-2)6-8-19-20-9-7-18(25-15-30-16-28-25)14-24(20)27-22(19)11-10-21-23(27)12-13-26(21)29/h7,9-11,14-17,19H,3-6,8,12-13H2,1-2H3. The predicted molar refractivity (Wildman–Crippen MR) is 120 cm³/mol. The van der Waals surface area contributed by atoms with Crippen LogP contribution >= 0.6 is 0 Å². The number of Topliss-reactive ketones (excluding diaryl/α,β-unsaturated/α-hetero) is 1. The molecular formula is C27H29NO2. The molecule has 0 radical (unpaired) electrons. The lowest BCUT2D eigenvalue weighted by Gasteiger charge is -2.19. The monoisotopic (exact) mass is 399 g/mol. The van der Waals surface area contributed by atoms with Crippen LogP contribution < -0.4 is 0 Å². The molecule has 0 N–H and O–H groups in total. The van der Waals surface area contributed by atoms with Crippen LogP contribution in [0.1, 0.15) is 85.3 Å². The predicted octanol–water partition coefficient (Wildman–Crippen LogP) is 7.19. The highest BCUT2D eigenvalue weighted by Gasteiger charge is 2.34. The van der Waals surface area contributed by atoms with Crippen molar-refractivity contribution < 1.29 is 9.21 Å². The minimum absolute atomic E-state index is 0.291. The summed E-state index contributed by atoms with van der Waals surface area (Å²) >= 11 is 0. The molecule has 0 aliphatic heterocycles. The van der Waals surface area contributed by atoms with Gasteiger partial charge in [0.15, 0.2) is 12.2 Å². The quantitative estimate of drug-likeness (QED) is 0.422. The van der Waals surface area contributed by atoms with E-state index in [2.05, 4.69) is 49.2 Å². The van der Waals surface area contributed by atoms with Crippen LogP contribution in [0.25, 0.3) is 22.4 Å². The molecular weight excluding hydrogens is 370 g/mol. The Balaban J connectivity index is 1.59. The van der Waals surface area contributed by atoms with Crippen molar-refractivity contribution in [3.63, 3.8) is 0 Å². The van der Waals surface area contributed by atoms with E-state index < -0.39 is 0 Å². The maximum atomic E-state index is 12.4. The Morgan fingerprint density at radius 1 is 1.07 bits per heavy atom. The summed E-state index contributed by atoms with van der Waals surface area (Å²) in [6.07, 6.45) is 10.9. The van der Waals surface area contributed by atoms with Crippen LogP contribution in [0.3, 0.4) is 0 Å². The maximum Gasteiger partial charge on any atom is 0.181 e. The molecule has 0 fully saturated rings. The fraction of sp³-hybridized carbons (Fsp3) is 0.407. The van der Waals surface area contributed by atoms with Crippen molar-refractivity contribution in [2.45, 2.75) is 64.7 Å². The van der Waals surface area contributed by atoms with E-state index in [1.165, 1.54) is 66.3 Å². The van der Waals surface area contributed by atoms with Crippen LogP contribution in [0, 0.1) is 5.92 Å². The second-order valence-corrected chi connectivity index (χ2v) is 8.85. The molecule has 0 amide bonds. The molecule has 0 bridgehead atoms. The van der Waals surface area contributed by atoms with Gasteiger partial charge >= 0.3 is 0 Å². The largest absolute Gasteiger partial charge is 0.451 e. The molecule has 0 saturated carbocycles. The van der Waals surface area contributed by atoms with Crippen molar-refractivity contribution in [3.05, 3.63) is 65.2 Å². The molecule has 0 spiro atoms. The van der Waals surface area contributed by atoms with Crippen molar-refractivity contribution in [3.8, 4) is 22.4 Å². The molecule has 3 heteroatoms. The topological polar surface area (TPSA) is 43.1 Å². The van der Waals surface area contributed by atoms with Crippen LogP contribution in [0.4, 0.5) is 0 Å². The molecule has 30 heavy (non-hydrogen) atoms. The number of ketones is 1. The second-order valence-electron chi connectivity index (χ2n) is 8.85. The summed E-state index contributed by atoms with van der Waals surface area (Å²) < 4.78 is 5.21. The molecule has 154 valence electrons. The van der Waals surface area contributed by atoms with E-state index >= 15 is 0 Å². The summed E-state index contributed by atoms with van der Waals surface area (Å²) in [5, 5.41) is 0. The molecule has 2 aromatic carbocycles. The zero-order valence-electron chi connectivity index (χ0n) is 17.9. The van der Waals surface area contributed by atoms with Crippen LogP contribution in [0.5, 0.6) is 0 Å². The first-order valence-electron chi connectivity index (χ1n) is 11.4. The Hall–Kier alpha value is -2.68. The molecule has 1 heterocycles. The number of nitrogens with zero attached hydrogens (tertiary/aromatic N) is 1. The number of fused-ring (bicyclic) bond motifs is 5. The van der Waals surface area contributed by atoms with Crippen LogP contribution in [0.2, 0.25) is 0 Å². The number of benzene rings is 2. The number of carbonyl (C=O) groups excluding carboxylic acids is 1. The molecule has 3 nitrogen and oxygen atoms in total. The lowest BCUT2D eigenvalue weighted by atomic mass is 9.86. The minimum atomic E-state index is 0.291. The third-order valence-electron chi connectivity index (χ3n) is 7.19. The van der Waals surface area contributed by atoms with Crippen molar-refractivity contribution in [2.24, 2.45) is 5.92 Å². The maximum absolute atomic E-state index is 12.4. The van der Waals surface area contributed by atoms with Crippen LogP contribution in [0.15, 0.2) is 47.4 Å². The average molecular weight is 400 g/mol. The lowest BCUT2D eigenvalue weighted by Crippen LogP contribution is -2.04. The zero-order chi connectivity index (χ0) is 20.7. The Morgan fingerprint density at radius 2 is 1.93 bits per heavy atom. The number of hydrogen-bond acceptors (Lipinski definition) is 3. The van der Waals surface area contributed by atoms with Gasteiger partial charge in [-0.2, -0.15) is 0 Å². The van der Waals surface area contributed by atoms with E-state index in [0.717, 1.165) is 29.2 Å². The van der Waals surface area contributed by atoms with E-state index in [9.17, 15) is 4.79 Å². The van der Waals surface area contributed by atoms with Gasteiger partial charge in [-0.25, -0.2) is 4.98 Å². The highest BCUT2D eigenvalue weighted by molar-refractivity contribution is 6.04. The van der Waals surface area contributed by atoms with Gasteiger partial charge in [-0.3, -0.25) is 4.79 Å². The summed E-state index contributed by atoms with van der Waals surface area (Å²) in [5.41, 5.74) is 9.59.